The fourth-order valence-corrected chi connectivity index (χ4v) is 4.06. The first kappa shape index (κ1) is 22.2. The van der Waals surface area contributed by atoms with Crippen molar-refractivity contribution in [2.24, 2.45) is 0 Å². The third kappa shape index (κ3) is 5.37. The van der Waals surface area contributed by atoms with Crippen molar-refractivity contribution in [1.82, 2.24) is 10.2 Å². The lowest BCUT2D eigenvalue weighted by atomic mass is 10.0. The third-order valence-corrected chi connectivity index (χ3v) is 5.86. The molecule has 1 aliphatic heterocycles. The Hall–Kier alpha value is -2.44. The number of carbonyl (C=O) groups is 2. The fourth-order valence-electron chi connectivity index (χ4n) is 4.06. The molecule has 0 radical (unpaired) electrons. The van der Waals surface area contributed by atoms with Crippen LogP contribution in [0.3, 0.4) is 0 Å². The molecule has 5 nitrogen and oxygen atoms in total. The van der Waals surface area contributed by atoms with E-state index < -0.39 is 0 Å². The number of amides is 2. The lowest BCUT2D eigenvalue weighted by Crippen LogP contribution is -2.45. The maximum absolute atomic E-state index is 13.0. The topological polar surface area (TPSA) is 61.4 Å². The minimum absolute atomic E-state index is 0. The number of carbonyl (C=O) groups excluding carboxylic acids is 2. The molecule has 30 heavy (non-hydrogen) atoms. The molecular formula is C23H27ClFN3O2. The Balaban J connectivity index is 0.00000256. The van der Waals surface area contributed by atoms with Crippen LogP contribution in [0.4, 0.5) is 10.1 Å². The summed E-state index contributed by atoms with van der Waals surface area (Å²) in [7, 11) is 0. The molecule has 4 rings (SSSR count). The summed E-state index contributed by atoms with van der Waals surface area (Å²) in [6, 6.07) is 14.4. The second-order valence-electron chi connectivity index (χ2n) is 7.98. The number of hydrogen-bond acceptors (Lipinski definition) is 3. The first-order chi connectivity index (χ1) is 14.0. The highest BCUT2D eigenvalue weighted by Gasteiger charge is 2.40. The van der Waals surface area contributed by atoms with Gasteiger partial charge in [0, 0.05) is 49.3 Å². The van der Waals surface area contributed by atoms with Gasteiger partial charge in [-0.05, 0) is 61.2 Å². The van der Waals surface area contributed by atoms with Gasteiger partial charge in [0.05, 0.1) is 0 Å². The van der Waals surface area contributed by atoms with E-state index in [9.17, 15) is 14.0 Å². The molecule has 0 aromatic heterocycles. The Labute approximate surface area is 182 Å². The van der Waals surface area contributed by atoms with Crippen molar-refractivity contribution < 1.29 is 14.0 Å². The second kappa shape index (κ2) is 9.58. The van der Waals surface area contributed by atoms with E-state index in [1.165, 1.54) is 12.1 Å². The van der Waals surface area contributed by atoms with Crippen LogP contribution in [0.25, 0.3) is 0 Å². The first-order valence-corrected chi connectivity index (χ1v) is 10.2. The van der Waals surface area contributed by atoms with Crippen LogP contribution in [-0.2, 0) is 4.79 Å². The van der Waals surface area contributed by atoms with Crippen LogP contribution >= 0.6 is 12.4 Å². The Bertz CT molecular complexity index is 898. The summed E-state index contributed by atoms with van der Waals surface area (Å²) >= 11 is 0. The van der Waals surface area contributed by atoms with Gasteiger partial charge in [0.2, 0.25) is 5.91 Å². The summed E-state index contributed by atoms with van der Waals surface area (Å²) < 4.78 is 13.0. The van der Waals surface area contributed by atoms with Crippen molar-refractivity contribution in [2.75, 3.05) is 18.4 Å². The number of benzene rings is 2. The zero-order chi connectivity index (χ0) is 20.4. The Morgan fingerprint density at radius 3 is 2.43 bits per heavy atom. The molecule has 0 bridgehead atoms. The van der Waals surface area contributed by atoms with Gasteiger partial charge in [-0.3, -0.25) is 9.59 Å². The van der Waals surface area contributed by atoms with Gasteiger partial charge in [-0.15, -0.1) is 12.4 Å². The van der Waals surface area contributed by atoms with E-state index in [0.29, 0.717) is 29.3 Å². The van der Waals surface area contributed by atoms with Crippen molar-refractivity contribution in [3.8, 4) is 0 Å². The van der Waals surface area contributed by atoms with Gasteiger partial charge in [-0.2, -0.15) is 0 Å². The van der Waals surface area contributed by atoms with Gasteiger partial charge < -0.3 is 15.5 Å². The second-order valence-corrected chi connectivity index (χ2v) is 7.98. The van der Waals surface area contributed by atoms with Crippen LogP contribution in [0, 0.1) is 5.82 Å². The molecule has 2 atom stereocenters. The maximum Gasteiger partial charge on any atom is 0.255 e. The number of nitrogens with one attached hydrogen (secondary N) is 2. The number of hydrogen-bond donors (Lipinski definition) is 2. The maximum atomic E-state index is 13.0. The molecule has 2 N–H and O–H groups in total. The number of anilines is 1. The van der Waals surface area contributed by atoms with E-state index in [4.69, 9.17) is 0 Å². The van der Waals surface area contributed by atoms with Crippen LogP contribution in [-0.4, -0.2) is 41.9 Å². The van der Waals surface area contributed by atoms with Crippen molar-refractivity contribution in [3.63, 3.8) is 0 Å². The monoisotopic (exact) mass is 431 g/mol. The number of rotatable bonds is 5. The van der Waals surface area contributed by atoms with E-state index >= 15 is 0 Å². The predicted molar refractivity (Wildman–Crippen MR) is 118 cm³/mol. The Kier molecular flexibility index (Phi) is 7.10. The normalized spacial score (nSPS) is 20.9. The van der Waals surface area contributed by atoms with E-state index in [0.717, 1.165) is 37.9 Å². The van der Waals surface area contributed by atoms with Crippen LogP contribution < -0.4 is 10.6 Å². The first-order valence-electron chi connectivity index (χ1n) is 10.2. The van der Waals surface area contributed by atoms with Crippen LogP contribution in [0.5, 0.6) is 0 Å². The minimum atomic E-state index is -0.329. The van der Waals surface area contributed by atoms with Gasteiger partial charge in [0.1, 0.15) is 5.82 Å². The number of piperidine rings is 1. The van der Waals surface area contributed by atoms with Gasteiger partial charge >= 0.3 is 0 Å². The number of halogens is 2. The molecule has 2 aliphatic rings. The van der Waals surface area contributed by atoms with E-state index in [1.807, 2.05) is 17.0 Å². The SMILES string of the molecule is CC(=O)N1CCC(NC2CC2c2cccc(C(=O)Nc3ccc(F)cc3)c2)CC1.Cl. The van der Waals surface area contributed by atoms with Gasteiger partial charge in [0.15, 0.2) is 0 Å². The zero-order valence-electron chi connectivity index (χ0n) is 16.9. The molecule has 1 heterocycles. The van der Waals surface area contributed by atoms with Gasteiger partial charge in [-0.25, -0.2) is 4.39 Å². The van der Waals surface area contributed by atoms with Crippen LogP contribution in [0.1, 0.15) is 48.0 Å². The molecule has 1 saturated carbocycles. The van der Waals surface area contributed by atoms with Crippen molar-refractivity contribution >= 4 is 29.9 Å². The molecule has 2 amide bonds. The fraction of sp³-hybridized carbons (Fsp3) is 0.391. The lowest BCUT2D eigenvalue weighted by molar-refractivity contribution is -0.129. The van der Waals surface area contributed by atoms with Gasteiger partial charge in [-0.1, -0.05) is 12.1 Å². The lowest BCUT2D eigenvalue weighted by Gasteiger charge is -2.32. The van der Waals surface area contributed by atoms with Crippen LogP contribution in [0.15, 0.2) is 48.5 Å². The molecule has 1 saturated heterocycles. The molecule has 2 fully saturated rings. The predicted octanol–water partition coefficient (Wildman–Crippen LogP) is 3.96. The van der Waals surface area contributed by atoms with E-state index in [-0.39, 0.29) is 30.0 Å². The molecule has 2 aromatic carbocycles. The third-order valence-electron chi connectivity index (χ3n) is 5.86. The standard InChI is InChI=1S/C23H26FN3O2.ClH/c1-15(28)27-11-9-20(10-12-27)25-22-14-21(22)16-3-2-4-17(13-16)23(29)26-19-7-5-18(24)6-8-19;/h2-8,13,20-22,25H,9-12,14H2,1H3,(H,26,29);1H. The van der Waals surface area contributed by atoms with Gasteiger partial charge in [0.25, 0.3) is 5.91 Å². The van der Waals surface area contributed by atoms with Crippen molar-refractivity contribution in [3.05, 3.63) is 65.5 Å². The summed E-state index contributed by atoms with van der Waals surface area (Å²) in [6.45, 7) is 3.27. The highest BCUT2D eigenvalue weighted by atomic mass is 35.5. The van der Waals surface area contributed by atoms with E-state index in [2.05, 4.69) is 16.7 Å². The summed E-state index contributed by atoms with van der Waals surface area (Å²) in [5, 5.41) is 6.53. The Morgan fingerprint density at radius 1 is 1.07 bits per heavy atom. The summed E-state index contributed by atoms with van der Waals surface area (Å²) in [5.41, 5.74) is 2.34. The quantitative estimate of drug-likeness (QED) is 0.753. The highest BCUT2D eigenvalue weighted by Crippen LogP contribution is 2.41. The minimum Gasteiger partial charge on any atom is -0.343 e. The molecular weight excluding hydrogens is 405 g/mol. The zero-order valence-corrected chi connectivity index (χ0v) is 17.8. The average Bonchev–Trinajstić information content (AvgIpc) is 3.49. The van der Waals surface area contributed by atoms with Crippen molar-refractivity contribution in [1.29, 1.82) is 0 Å². The number of nitrogens with zero attached hydrogens (tertiary/aromatic N) is 1. The molecule has 7 heteroatoms. The van der Waals surface area contributed by atoms with E-state index in [1.54, 1.807) is 25.1 Å². The molecule has 0 spiro atoms. The Morgan fingerprint density at radius 2 is 1.77 bits per heavy atom. The molecule has 160 valence electrons. The smallest absolute Gasteiger partial charge is 0.255 e. The molecule has 2 aromatic rings. The van der Waals surface area contributed by atoms with Crippen LogP contribution in [0.2, 0.25) is 0 Å². The summed E-state index contributed by atoms with van der Waals surface area (Å²) in [5.74, 6) is 0.0485. The molecule has 1 aliphatic carbocycles. The number of likely N-dealkylation sites (tertiary alicyclic amines) is 1. The largest absolute Gasteiger partial charge is 0.343 e. The average molecular weight is 432 g/mol. The van der Waals surface area contributed by atoms with Crippen molar-refractivity contribution in [2.45, 2.75) is 44.2 Å². The summed E-state index contributed by atoms with van der Waals surface area (Å²) in [4.78, 5) is 25.9. The summed E-state index contributed by atoms with van der Waals surface area (Å²) in [6.07, 6.45) is 3.04. The highest BCUT2D eigenvalue weighted by molar-refractivity contribution is 6.04. The molecule has 2 unspecified atom stereocenters.